The van der Waals surface area contributed by atoms with Crippen LogP contribution in [0, 0.1) is 22.7 Å². The Kier molecular flexibility index (Phi) is 4.14. The number of fused-ring (bicyclic) bond motifs is 4. The van der Waals surface area contributed by atoms with E-state index in [1.54, 1.807) is 6.07 Å². The molecule has 2 N–H and O–H groups in total. The zero-order valence-corrected chi connectivity index (χ0v) is 18.7. The van der Waals surface area contributed by atoms with Crippen molar-refractivity contribution in [3.8, 4) is 11.5 Å². The second kappa shape index (κ2) is 6.15. The molecule has 0 amide bonds. The molecule has 0 bridgehead atoms. The fourth-order valence-electron chi connectivity index (χ4n) is 7.41. The van der Waals surface area contributed by atoms with Crippen LogP contribution in [0.1, 0.15) is 81.8 Å². The second-order valence-corrected chi connectivity index (χ2v) is 11.3. The summed E-state index contributed by atoms with van der Waals surface area (Å²) < 4.78 is 12.1. The van der Waals surface area contributed by atoms with Gasteiger partial charge in [0.25, 0.3) is 0 Å². The summed E-state index contributed by atoms with van der Waals surface area (Å²) in [5.41, 5.74) is 1.93. The number of cyclic esters (lactones) is 1. The molecular weight excluding hydrogens is 380 g/mol. The van der Waals surface area contributed by atoms with Crippen molar-refractivity contribution in [2.24, 2.45) is 22.7 Å². The van der Waals surface area contributed by atoms with Crippen molar-refractivity contribution < 1.29 is 24.5 Å². The Hall–Kier alpha value is -1.75. The number of aromatic hydroxyl groups is 1. The molecule has 6 unspecified atom stereocenters. The van der Waals surface area contributed by atoms with Gasteiger partial charge in [-0.3, -0.25) is 0 Å². The highest BCUT2D eigenvalue weighted by molar-refractivity contribution is 5.96. The number of phenolic OH excluding ortho intramolecular Hbond substituents is 1. The summed E-state index contributed by atoms with van der Waals surface area (Å²) in [5, 5.41) is 21.0. The predicted molar refractivity (Wildman–Crippen MR) is 113 cm³/mol. The maximum Gasteiger partial charge on any atom is 0.342 e. The average molecular weight is 415 g/mol. The van der Waals surface area contributed by atoms with Crippen LogP contribution in [0.2, 0.25) is 0 Å². The normalized spacial score (nSPS) is 41.5. The standard InChI is InChI=1S/C25H34O5/c1-13-9-15-14-10-19-24(4,18-12-20(27)23(18,2)3)7-6-8-25(19,5)30-17(14)11-16(26)21(15)22(28)29-13/h11,13,18-20,26-27H,6-10,12H2,1-5H3. The molecule has 5 rings (SSSR count). The molecule has 6 atom stereocenters. The predicted octanol–water partition coefficient (Wildman–Crippen LogP) is 4.40. The minimum atomic E-state index is -0.438. The summed E-state index contributed by atoms with van der Waals surface area (Å²) in [6, 6.07) is 1.62. The van der Waals surface area contributed by atoms with E-state index in [9.17, 15) is 15.0 Å². The Balaban J connectivity index is 1.61. The van der Waals surface area contributed by atoms with E-state index in [1.807, 2.05) is 6.92 Å². The molecule has 4 aliphatic rings. The van der Waals surface area contributed by atoms with Gasteiger partial charge in [0.05, 0.1) is 6.10 Å². The van der Waals surface area contributed by atoms with Crippen LogP contribution in [0.15, 0.2) is 6.07 Å². The van der Waals surface area contributed by atoms with Gasteiger partial charge in [-0.2, -0.15) is 0 Å². The van der Waals surface area contributed by atoms with Crippen molar-refractivity contribution >= 4 is 5.97 Å². The van der Waals surface area contributed by atoms with E-state index in [-0.39, 0.29) is 34.4 Å². The van der Waals surface area contributed by atoms with Gasteiger partial charge in [-0.1, -0.05) is 20.8 Å². The van der Waals surface area contributed by atoms with Gasteiger partial charge in [0.2, 0.25) is 0 Å². The molecular formula is C25H34O5. The third kappa shape index (κ3) is 2.54. The third-order valence-corrected chi connectivity index (χ3v) is 9.18. The number of carbonyl (C=O) groups is 1. The highest BCUT2D eigenvalue weighted by Crippen LogP contribution is 2.65. The lowest BCUT2D eigenvalue weighted by molar-refractivity contribution is -0.204. The van der Waals surface area contributed by atoms with E-state index in [4.69, 9.17) is 9.47 Å². The first-order valence-corrected chi connectivity index (χ1v) is 11.4. The smallest absolute Gasteiger partial charge is 0.342 e. The van der Waals surface area contributed by atoms with Gasteiger partial charge < -0.3 is 19.7 Å². The van der Waals surface area contributed by atoms with Crippen LogP contribution in [-0.2, 0) is 17.6 Å². The van der Waals surface area contributed by atoms with E-state index >= 15 is 0 Å². The van der Waals surface area contributed by atoms with E-state index in [0.29, 0.717) is 23.8 Å². The molecule has 5 heteroatoms. The van der Waals surface area contributed by atoms with E-state index in [0.717, 1.165) is 49.0 Å². The van der Waals surface area contributed by atoms with Crippen molar-refractivity contribution in [3.05, 3.63) is 22.8 Å². The van der Waals surface area contributed by atoms with Gasteiger partial charge in [-0.15, -0.1) is 0 Å². The van der Waals surface area contributed by atoms with Crippen LogP contribution in [0.4, 0.5) is 0 Å². The molecule has 2 aliphatic carbocycles. The molecule has 0 saturated heterocycles. The first kappa shape index (κ1) is 20.2. The van der Waals surface area contributed by atoms with Crippen LogP contribution in [0.3, 0.4) is 0 Å². The number of hydrogen-bond donors (Lipinski definition) is 2. The average Bonchev–Trinajstić information content (AvgIpc) is 2.64. The van der Waals surface area contributed by atoms with Crippen LogP contribution in [0.25, 0.3) is 0 Å². The maximum atomic E-state index is 12.5. The molecule has 0 radical (unpaired) electrons. The number of esters is 1. The minimum Gasteiger partial charge on any atom is -0.507 e. The number of rotatable bonds is 1. The van der Waals surface area contributed by atoms with Crippen LogP contribution >= 0.6 is 0 Å². The quantitative estimate of drug-likeness (QED) is 0.666. The molecule has 2 saturated carbocycles. The largest absolute Gasteiger partial charge is 0.507 e. The van der Waals surface area contributed by atoms with Gasteiger partial charge in [0.15, 0.2) is 0 Å². The summed E-state index contributed by atoms with van der Waals surface area (Å²) >= 11 is 0. The molecule has 1 aromatic rings. The van der Waals surface area contributed by atoms with Crippen molar-refractivity contribution in [1.29, 1.82) is 0 Å². The van der Waals surface area contributed by atoms with E-state index in [2.05, 4.69) is 27.7 Å². The third-order valence-electron chi connectivity index (χ3n) is 9.18. The lowest BCUT2D eigenvalue weighted by Gasteiger charge is -2.64. The molecule has 0 aromatic heterocycles. The molecule has 164 valence electrons. The number of ether oxygens (including phenoxy) is 2. The van der Waals surface area contributed by atoms with Gasteiger partial charge in [0.1, 0.15) is 28.8 Å². The molecule has 1 aromatic carbocycles. The number of aliphatic hydroxyl groups is 1. The zero-order valence-electron chi connectivity index (χ0n) is 18.7. The molecule has 2 heterocycles. The number of carbonyl (C=O) groups excluding carboxylic acids is 1. The number of aliphatic hydroxyl groups excluding tert-OH is 1. The van der Waals surface area contributed by atoms with Crippen LogP contribution < -0.4 is 4.74 Å². The second-order valence-electron chi connectivity index (χ2n) is 11.3. The van der Waals surface area contributed by atoms with E-state index in [1.165, 1.54) is 0 Å². The monoisotopic (exact) mass is 414 g/mol. The van der Waals surface area contributed by atoms with Crippen molar-refractivity contribution in [2.45, 2.75) is 91.0 Å². The molecule has 30 heavy (non-hydrogen) atoms. The van der Waals surface area contributed by atoms with Crippen molar-refractivity contribution in [2.75, 3.05) is 0 Å². The van der Waals surface area contributed by atoms with Crippen molar-refractivity contribution in [1.82, 2.24) is 0 Å². The summed E-state index contributed by atoms with van der Waals surface area (Å²) in [5.74, 6) is 0.983. The van der Waals surface area contributed by atoms with Crippen molar-refractivity contribution in [3.63, 3.8) is 0 Å². The van der Waals surface area contributed by atoms with Gasteiger partial charge in [0, 0.05) is 18.4 Å². The molecule has 0 spiro atoms. The minimum absolute atomic E-state index is 0.0375. The lowest BCUT2D eigenvalue weighted by atomic mass is 9.43. The topological polar surface area (TPSA) is 76.0 Å². The summed E-state index contributed by atoms with van der Waals surface area (Å²) in [4.78, 5) is 12.5. The summed E-state index contributed by atoms with van der Waals surface area (Å²) in [7, 11) is 0. The Morgan fingerprint density at radius 3 is 2.47 bits per heavy atom. The number of hydrogen-bond acceptors (Lipinski definition) is 5. The number of benzene rings is 1. The fourth-order valence-corrected chi connectivity index (χ4v) is 7.41. The zero-order chi connectivity index (χ0) is 21.6. The SMILES string of the molecule is CC1Cc2c3c(cc(O)c2C(=O)O1)OC1(C)CCCC(C)(C2CC(O)C2(C)C)C1C3. The first-order chi connectivity index (χ1) is 14.0. The van der Waals surface area contributed by atoms with Gasteiger partial charge >= 0.3 is 5.97 Å². The Morgan fingerprint density at radius 1 is 1.07 bits per heavy atom. The maximum absolute atomic E-state index is 12.5. The molecule has 5 nitrogen and oxygen atoms in total. The lowest BCUT2D eigenvalue weighted by Crippen LogP contribution is -2.64. The van der Waals surface area contributed by atoms with Crippen LogP contribution in [-0.4, -0.2) is 34.0 Å². The van der Waals surface area contributed by atoms with E-state index < -0.39 is 5.97 Å². The van der Waals surface area contributed by atoms with Crippen LogP contribution in [0.5, 0.6) is 11.5 Å². The van der Waals surface area contributed by atoms with Gasteiger partial charge in [-0.05, 0) is 73.8 Å². The summed E-state index contributed by atoms with van der Waals surface area (Å²) in [6.45, 7) is 10.9. The Bertz CT molecular complexity index is 921. The fraction of sp³-hybridized carbons (Fsp3) is 0.720. The first-order valence-electron chi connectivity index (χ1n) is 11.4. The Morgan fingerprint density at radius 2 is 1.80 bits per heavy atom. The highest BCUT2D eigenvalue weighted by atomic mass is 16.5. The Labute approximate surface area is 178 Å². The molecule has 2 fully saturated rings. The summed E-state index contributed by atoms with van der Waals surface area (Å²) in [6.07, 6.45) is 5.06. The molecule has 2 aliphatic heterocycles. The van der Waals surface area contributed by atoms with Gasteiger partial charge in [-0.25, -0.2) is 4.79 Å². The number of phenols is 1. The highest BCUT2D eigenvalue weighted by Gasteiger charge is 2.63.